The first kappa shape index (κ1) is 17.9. The number of carbonyl (C=O) groups is 1. The first-order valence-corrected chi connectivity index (χ1v) is 7.73. The second kappa shape index (κ2) is 9.00. The van der Waals surface area contributed by atoms with Gasteiger partial charge in [-0.1, -0.05) is 6.42 Å². The van der Waals surface area contributed by atoms with Crippen molar-refractivity contribution < 1.29 is 18.7 Å². The monoisotopic (exact) mass is 296 g/mol. The molecule has 0 atom stereocenters. The van der Waals surface area contributed by atoms with Crippen LogP contribution in [0.25, 0.3) is 0 Å². The molecule has 0 aliphatic heterocycles. The van der Waals surface area contributed by atoms with E-state index in [2.05, 4.69) is 0 Å². The van der Waals surface area contributed by atoms with E-state index in [9.17, 15) is 4.79 Å². The number of ether oxygens (including phenoxy) is 2. The maximum atomic E-state index is 12.2. The van der Waals surface area contributed by atoms with Crippen molar-refractivity contribution in [3.05, 3.63) is 24.2 Å². The summed E-state index contributed by atoms with van der Waals surface area (Å²) in [5.41, 5.74) is -0.763. The van der Waals surface area contributed by atoms with Crippen molar-refractivity contribution in [2.24, 2.45) is 0 Å². The van der Waals surface area contributed by atoms with E-state index < -0.39 is 5.60 Å². The van der Waals surface area contributed by atoms with Gasteiger partial charge in [-0.15, -0.1) is 0 Å². The Labute approximate surface area is 127 Å². The van der Waals surface area contributed by atoms with Crippen LogP contribution in [0.4, 0.5) is 0 Å². The summed E-state index contributed by atoms with van der Waals surface area (Å²) in [7, 11) is 0. The molecular formula is C17H28O4. The predicted molar refractivity (Wildman–Crippen MR) is 82.1 cm³/mol. The highest BCUT2D eigenvalue weighted by Crippen LogP contribution is 2.18. The molecule has 120 valence electrons. The van der Waals surface area contributed by atoms with E-state index in [0.717, 1.165) is 31.6 Å². The van der Waals surface area contributed by atoms with E-state index in [1.165, 1.54) is 0 Å². The Morgan fingerprint density at radius 3 is 2.67 bits per heavy atom. The Morgan fingerprint density at radius 1 is 1.29 bits per heavy atom. The molecular weight excluding hydrogens is 268 g/mol. The third kappa shape index (κ3) is 7.44. The summed E-state index contributed by atoms with van der Waals surface area (Å²) in [6, 6.07) is 3.65. The minimum absolute atomic E-state index is 0.138. The number of hydrogen-bond acceptors (Lipinski definition) is 4. The maximum Gasteiger partial charge on any atom is 0.164 e. The van der Waals surface area contributed by atoms with Gasteiger partial charge in [0, 0.05) is 13.0 Å². The highest BCUT2D eigenvalue weighted by atomic mass is 16.5. The van der Waals surface area contributed by atoms with Crippen LogP contribution in [0.5, 0.6) is 0 Å². The topological polar surface area (TPSA) is 48.7 Å². The Bertz CT molecular complexity index is 393. The van der Waals surface area contributed by atoms with E-state index in [1.54, 1.807) is 6.26 Å². The number of carbonyl (C=O) groups excluding carboxylic acids is 1. The number of Topliss-reactive ketones (excluding diaryl/α,β-unsaturated/α-hetero) is 1. The first-order chi connectivity index (χ1) is 9.92. The van der Waals surface area contributed by atoms with Crippen molar-refractivity contribution >= 4 is 5.78 Å². The lowest BCUT2D eigenvalue weighted by molar-refractivity contribution is -0.142. The zero-order valence-corrected chi connectivity index (χ0v) is 13.7. The number of rotatable bonds is 11. The van der Waals surface area contributed by atoms with Gasteiger partial charge in [0.05, 0.1) is 12.4 Å². The Morgan fingerprint density at radius 2 is 2.05 bits per heavy atom. The van der Waals surface area contributed by atoms with Crippen LogP contribution in [0, 0.1) is 0 Å². The average molecular weight is 296 g/mol. The van der Waals surface area contributed by atoms with E-state index in [0.29, 0.717) is 13.0 Å². The van der Waals surface area contributed by atoms with Gasteiger partial charge < -0.3 is 13.9 Å². The summed E-state index contributed by atoms with van der Waals surface area (Å²) in [5.74, 6) is 0.876. The fourth-order valence-electron chi connectivity index (χ4n) is 1.91. The van der Waals surface area contributed by atoms with Crippen molar-refractivity contribution in [1.29, 1.82) is 0 Å². The highest BCUT2D eigenvalue weighted by Gasteiger charge is 2.27. The minimum atomic E-state index is -0.763. The normalized spacial score (nSPS) is 12.0. The molecule has 1 aromatic heterocycles. The standard InChI is InChI=1S/C17H28O4/c1-14(2)19-11-7-5-6-10-16(18)17(3,4)21-13-15-9-8-12-20-15/h8-9,12,14H,5-7,10-11,13H2,1-4H3. The third-order valence-electron chi connectivity index (χ3n) is 3.33. The van der Waals surface area contributed by atoms with Crippen LogP contribution in [0.15, 0.2) is 22.8 Å². The summed E-state index contributed by atoms with van der Waals surface area (Å²) in [4.78, 5) is 12.2. The smallest absolute Gasteiger partial charge is 0.164 e. The molecule has 1 heterocycles. The predicted octanol–water partition coefficient (Wildman–Crippen LogP) is 4.13. The van der Waals surface area contributed by atoms with E-state index >= 15 is 0 Å². The van der Waals surface area contributed by atoms with Gasteiger partial charge in [0.1, 0.15) is 18.0 Å². The van der Waals surface area contributed by atoms with Crippen LogP contribution >= 0.6 is 0 Å². The molecule has 21 heavy (non-hydrogen) atoms. The summed E-state index contributed by atoms with van der Waals surface area (Å²) >= 11 is 0. The minimum Gasteiger partial charge on any atom is -0.467 e. The maximum absolute atomic E-state index is 12.2. The fourth-order valence-corrected chi connectivity index (χ4v) is 1.91. The third-order valence-corrected chi connectivity index (χ3v) is 3.33. The van der Waals surface area contributed by atoms with Crippen LogP contribution in [-0.4, -0.2) is 24.1 Å². The Balaban J connectivity index is 2.17. The molecule has 4 nitrogen and oxygen atoms in total. The second-order valence-electron chi connectivity index (χ2n) is 6.03. The van der Waals surface area contributed by atoms with Gasteiger partial charge in [0.15, 0.2) is 5.78 Å². The van der Waals surface area contributed by atoms with Crippen molar-refractivity contribution in [1.82, 2.24) is 0 Å². The molecule has 0 bridgehead atoms. The molecule has 4 heteroatoms. The molecule has 0 saturated carbocycles. The molecule has 0 spiro atoms. The van der Waals surface area contributed by atoms with Gasteiger partial charge >= 0.3 is 0 Å². The van der Waals surface area contributed by atoms with Gasteiger partial charge in [-0.25, -0.2) is 0 Å². The molecule has 0 N–H and O–H groups in total. The van der Waals surface area contributed by atoms with Crippen LogP contribution in [0.3, 0.4) is 0 Å². The molecule has 0 radical (unpaired) electrons. The average Bonchev–Trinajstić information content (AvgIpc) is 2.93. The molecule has 0 aromatic carbocycles. The zero-order chi connectivity index (χ0) is 15.7. The lowest BCUT2D eigenvalue weighted by atomic mass is 9.98. The molecule has 0 saturated heterocycles. The molecule has 0 amide bonds. The summed E-state index contributed by atoms with van der Waals surface area (Å²) < 4.78 is 16.4. The zero-order valence-electron chi connectivity index (χ0n) is 13.7. The summed E-state index contributed by atoms with van der Waals surface area (Å²) in [5, 5.41) is 0. The molecule has 1 rings (SSSR count). The first-order valence-electron chi connectivity index (χ1n) is 7.73. The molecule has 1 aromatic rings. The Hall–Kier alpha value is -1.13. The van der Waals surface area contributed by atoms with Gasteiger partial charge in [0.25, 0.3) is 0 Å². The SMILES string of the molecule is CC(C)OCCCCCC(=O)C(C)(C)OCc1ccco1. The summed E-state index contributed by atoms with van der Waals surface area (Å²) in [6.45, 7) is 8.79. The van der Waals surface area contributed by atoms with Crippen LogP contribution in [0.1, 0.15) is 59.1 Å². The molecule has 0 unspecified atom stereocenters. The van der Waals surface area contributed by atoms with Crippen molar-refractivity contribution in [2.45, 2.75) is 71.7 Å². The largest absolute Gasteiger partial charge is 0.467 e. The van der Waals surface area contributed by atoms with Gasteiger partial charge in [-0.05, 0) is 52.7 Å². The summed E-state index contributed by atoms with van der Waals surface area (Å²) in [6.07, 6.45) is 5.32. The lowest BCUT2D eigenvalue weighted by Crippen LogP contribution is -2.34. The van der Waals surface area contributed by atoms with E-state index in [-0.39, 0.29) is 11.9 Å². The van der Waals surface area contributed by atoms with Crippen molar-refractivity contribution in [3.63, 3.8) is 0 Å². The number of hydrogen-bond donors (Lipinski definition) is 0. The quantitative estimate of drug-likeness (QED) is 0.576. The number of unbranched alkanes of at least 4 members (excludes halogenated alkanes) is 2. The fraction of sp³-hybridized carbons (Fsp3) is 0.706. The number of ketones is 1. The number of furan rings is 1. The van der Waals surface area contributed by atoms with Crippen molar-refractivity contribution in [3.8, 4) is 0 Å². The Kier molecular flexibility index (Phi) is 7.68. The van der Waals surface area contributed by atoms with E-state index in [1.807, 2.05) is 39.8 Å². The van der Waals surface area contributed by atoms with Gasteiger partial charge in [-0.2, -0.15) is 0 Å². The van der Waals surface area contributed by atoms with E-state index in [4.69, 9.17) is 13.9 Å². The van der Waals surface area contributed by atoms with Gasteiger partial charge in [0.2, 0.25) is 0 Å². The molecule has 0 aliphatic carbocycles. The van der Waals surface area contributed by atoms with Gasteiger partial charge in [-0.3, -0.25) is 4.79 Å². The second-order valence-corrected chi connectivity index (χ2v) is 6.03. The van der Waals surface area contributed by atoms with Crippen molar-refractivity contribution in [2.75, 3.05) is 6.61 Å². The van der Waals surface area contributed by atoms with Crippen LogP contribution in [-0.2, 0) is 20.9 Å². The van der Waals surface area contributed by atoms with Crippen LogP contribution < -0.4 is 0 Å². The van der Waals surface area contributed by atoms with Crippen LogP contribution in [0.2, 0.25) is 0 Å². The highest BCUT2D eigenvalue weighted by molar-refractivity contribution is 5.86. The molecule has 0 aliphatic rings. The molecule has 0 fully saturated rings. The lowest BCUT2D eigenvalue weighted by Gasteiger charge is -2.23.